The molecule has 3 nitrogen and oxygen atoms in total. The van der Waals surface area contributed by atoms with E-state index in [1.54, 1.807) is 7.11 Å². The fourth-order valence-electron chi connectivity index (χ4n) is 1.79. The Kier molecular flexibility index (Phi) is 4.82. The lowest BCUT2D eigenvalue weighted by Crippen LogP contribution is -2.25. The summed E-state index contributed by atoms with van der Waals surface area (Å²) in [6.07, 6.45) is 0. The third-order valence-corrected chi connectivity index (χ3v) is 2.81. The molecule has 0 radical (unpaired) electrons. The summed E-state index contributed by atoms with van der Waals surface area (Å²) in [6.45, 7) is 9.20. The smallest absolute Gasteiger partial charge is 0.122 e. The third-order valence-electron chi connectivity index (χ3n) is 2.81. The van der Waals surface area contributed by atoms with Gasteiger partial charge in [-0.05, 0) is 43.0 Å². The number of aryl methyl sites for hydroxylation is 1. The Morgan fingerprint density at radius 3 is 2.41 bits per heavy atom. The van der Waals surface area contributed by atoms with Gasteiger partial charge >= 0.3 is 0 Å². The average Bonchev–Trinajstić information content (AvgIpc) is 2.26. The summed E-state index contributed by atoms with van der Waals surface area (Å²) in [7, 11) is 1.72. The molecule has 0 spiro atoms. The number of ether oxygens (including phenoxy) is 1. The zero-order valence-electron chi connectivity index (χ0n) is 11.5. The lowest BCUT2D eigenvalue weighted by molar-refractivity contribution is 0.407. The predicted molar refractivity (Wildman–Crippen MR) is 74.0 cm³/mol. The van der Waals surface area contributed by atoms with Crippen LogP contribution in [0.5, 0.6) is 5.75 Å². The number of rotatable bonds is 5. The number of methoxy groups -OCH3 is 1. The highest BCUT2D eigenvalue weighted by Gasteiger charge is 2.11. The highest BCUT2D eigenvalue weighted by Crippen LogP contribution is 2.31. The first-order chi connectivity index (χ1) is 7.95. The molecule has 0 fully saturated rings. The minimum Gasteiger partial charge on any atom is -0.496 e. The minimum atomic E-state index is 0.152. The highest BCUT2D eigenvalue weighted by molar-refractivity contribution is 5.58. The van der Waals surface area contributed by atoms with Crippen LogP contribution in [0.25, 0.3) is 0 Å². The molecule has 0 aliphatic rings. The van der Waals surface area contributed by atoms with Crippen molar-refractivity contribution < 1.29 is 4.74 Å². The summed E-state index contributed by atoms with van der Waals surface area (Å²) in [5.41, 5.74) is 9.32. The number of nitrogens with two attached hydrogens (primary N) is 1. The number of hydrogen-bond acceptors (Lipinski definition) is 3. The molecule has 96 valence electrons. The van der Waals surface area contributed by atoms with Crippen molar-refractivity contribution in [2.75, 3.05) is 19.0 Å². The molecule has 1 rings (SSSR count). The van der Waals surface area contributed by atoms with E-state index < -0.39 is 0 Å². The molecule has 1 aromatic carbocycles. The van der Waals surface area contributed by atoms with Crippen molar-refractivity contribution in [2.24, 2.45) is 5.73 Å². The largest absolute Gasteiger partial charge is 0.496 e. The fraction of sp³-hybridized carbons (Fsp3) is 0.571. The van der Waals surface area contributed by atoms with Crippen LogP contribution in [-0.4, -0.2) is 19.7 Å². The molecule has 0 aromatic heterocycles. The zero-order chi connectivity index (χ0) is 13.0. The summed E-state index contributed by atoms with van der Waals surface area (Å²) in [6, 6.07) is 4.40. The van der Waals surface area contributed by atoms with E-state index >= 15 is 0 Å². The third kappa shape index (κ3) is 3.63. The van der Waals surface area contributed by atoms with E-state index in [0.717, 1.165) is 18.0 Å². The molecule has 0 bridgehead atoms. The van der Waals surface area contributed by atoms with Crippen molar-refractivity contribution in [3.05, 3.63) is 23.3 Å². The first-order valence-electron chi connectivity index (χ1n) is 6.13. The Morgan fingerprint density at radius 2 is 1.94 bits per heavy atom. The predicted octanol–water partition coefficient (Wildman–Crippen LogP) is 2.89. The maximum atomic E-state index is 5.76. The summed E-state index contributed by atoms with van der Waals surface area (Å²) < 4.78 is 5.42. The van der Waals surface area contributed by atoms with Crippen LogP contribution >= 0.6 is 0 Å². The van der Waals surface area contributed by atoms with E-state index in [-0.39, 0.29) is 6.04 Å². The van der Waals surface area contributed by atoms with E-state index in [1.807, 2.05) is 6.92 Å². The Bertz CT molecular complexity index is 373. The molecule has 0 amide bonds. The van der Waals surface area contributed by atoms with Crippen LogP contribution in [0.4, 0.5) is 5.69 Å². The molecule has 0 heterocycles. The van der Waals surface area contributed by atoms with Gasteiger partial charge in [0.05, 0.1) is 7.11 Å². The summed E-state index contributed by atoms with van der Waals surface area (Å²) in [5, 5.41) is 3.38. The van der Waals surface area contributed by atoms with Gasteiger partial charge in [0.2, 0.25) is 0 Å². The van der Waals surface area contributed by atoms with Crippen molar-refractivity contribution in [3.8, 4) is 5.75 Å². The molecular weight excluding hydrogens is 212 g/mol. The quantitative estimate of drug-likeness (QED) is 0.826. The van der Waals surface area contributed by atoms with Crippen molar-refractivity contribution >= 4 is 5.69 Å². The van der Waals surface area contributed by atoms with Gasteiger partial charge in [0.25, 0.3) is 0 Å². The molecule has 1 atom stereocenters. The Labute approximate surface area is 104 Å². The van der Waals surface area contributed by atoms with Gasteiger partial charge < -0.3 is 15.8 Å². The Hall–Kier alpha value is -1.22. The molecule has 0 aliphatic heterocycles. The van der Waals surface area contributed by atoms with E-state index in [1.165, 1.54) is 11.1 Å². The van der Waals surface area contributed by atoms with Crippen molar-refractivity contribution in [2.45, 2.75) is 39.7 Å². The average molecular weight is 236 g/mol. The van der Waals surface area contributed by atoms with Gasteiger partial charge in [-0.15, -0.1) is 0 Å². The number of hydrogen-bond donors (Lipinski definition) is 2. The molecule has 1 aromatic rings. The van der Waals surface area contributed by atoms with Crippen LogP contribution in [0.2, 0.25) is 0 Å². The molecule has 0 saturated heterocycles. The second-order valence-electron chi connectivity index (χ2n) is 4.92. The highest BCUT2D eigenvalue weighted by atomic mass is 16.5. The van der Waals surface area contributed by atoms with Crippen LogP contribution in [-0.2, 0) is 0 Å². The molecule has 3 N–H and O–H groups in total. The fourth-order valence-corrected chi connectivity index (χ4v) is 1.79. The van der Waals surface area contributed by atoms with Gasteiger partial charge in [-0.1, -0.05) is 13.8 Å². The number of benzene rings is 1. The standard InChI is InChI=1S/C14H24N2O/c1-9(2)12-7-13(16-8-11(4)15)10(3)6-14(12)17-5/h6-7,9,11,16H,8,15H2,1-5H3. The SMILES string of the molecule is COc1cc(C)c(NCC(C)N)cc1C(C)C. The molecule has 0 saturated carbocycles. The van der Waals surface area contributed by atoms with Gasteiger partial charge in [-0.25, -0.2) is 0 Å². The van der Waals surface area contributed by atoms with Crippen LogP contribution in [0.1, 0.15) is 37.8 Å². The maximum absolute atomic E-state index is 5.76. The minimum absolute atomic E-state index is 0.152. The molecular formula is C14H24N2O. The van der Waals surface area contributed by atoms with Crippen molar-refractivity contribution in [3.63, 3.8) is 0 Å². The maximum Gasteiger partial charge on any atom is 0.122 e. The van der Waals surface area contributed by atoms with Gasteiger partial charge in [-0.3, -0.25) is 0 Å². The van der Waals surface area contributed by atoms with Crippen LogP contribution in [0.15, 0.2) is 12.1 Å². The second-order valence-corrected chi connectivity index (χ2v) is 4.92. The summed E-state index contributed by atoms with van der Waals surface area (Å²) in [5.74, 6) is 1.41. The van der Waals surface area contributed by atoms with E-state index in [2.05, 4.69) is 38.2 Å². The second kappa shape index (κ2) is 5.92. The van der Waals surface area contributed by atoms with Crippen LogP contribution in [0.3, 0.4) is 0 Å². The summed E-state index contributed by atoms with van der Waals surface area (Å²) >= 11 is 0. The molecule has 3 heteroatoms. The van der Waals surface area contributed by atoms with Gasteiger partial charge in [0.15, 0.2) is 0 Å². The van der Waals surface area contributed by atoms with Crippen LogP contribution in [0, 0.1) is 6.92 Å². The lowest BCUT2D eigenvalue weighted by Gasteiger charge is -2.18. The number of nitrogens with one attached hydrogen (secondary N) is 1. The lowest BCUT2D eigenvalue weighted by atomic mass is 9.99. The number of anilines is 1. The van der Waals surface area contributed by atoms with Crippen molar-refractivity contribution in [1.82, 2.24) is 0 Å². The molecule has 1 unspecified atom stereocenters. The molecule has 17 heavy (non-hydrogen) atoms. The first kappa shape index (κ1) is 13.8. The Morgan fingerprint density at radius 1 is 1.29 bits per heavy atom. The summed E-state index contributed by atoms with van der Waals surface area (Å²) in [4.78, 5) is 0. The topological polar surface area (TPSA) is 47.3 Å². The van der Waals surface area contributed by atoms with Gasteiger partial charge in [-0.2, -0.15) is 0 Å². The van der Waals surface area contributed by atoms with E-state index in [4.69, 9.17) is 10.5 Å². The van der Waals surface area contributed by atoms with Gasteiger partial charge in [0.1, 0.15) is 5.75 Å². The normalized spacial score (nSPS) is 12.6. The Balaban J connectivity index is 3.02. The van der Waals surface area contributed by atoms with E-state index in [0.29, 0.717) is 5.92 Å². The van der Waals surface area contributed by atoms with Crippen LogP contribution < -0.4 is 15.8 Å². The van der Waals surface area contributed by atoms with Crippen molar-refractivity contribution in [1.29, 1.82) is 0 Å². The van der Waals surface area contributed by atoms with E-state index in [9.17, 15) is 0 Å². The van der Waals surface area contributed by atoms with Gasteiger partial charge in [0, 0.05) is 18.3 Å². The molecule has 0 aliphatic carbocycles. The monoisotopic (exact) mass is 236 g/mol. The zero-order valence-corrected chi connectivity index (χ0v) is 11.5. The first-order valence-corrected chi connectivity index (χ1v) is 6.13.